The molecule has 0 aromatic carbocycles. The molecule has 5 aliphatic carbocycles. The molecule has 0 spiro atoms. The number of hydrogen-bond donors (Lipinski definition) is 1. The van der Waals surface area contributed by atoms with Gasteiger partial charge in [-0.3, -0.25) is 0 Å². The summed E-state index contributed by atoms with van der Waals surface area (Å²) >= 11 is 0. The van der Waals surface area contributed by atoms with Gasteiger partial charge in [-0.2, -0.15) is 0 Å². The molecule has 24 heavy (non-hydrogen) atoms. The standard InChI is InChI=1S/C17H23O.C5H5.Fe/c1-17-10-9-13-12-4-2-3-11(12)5-6-14(13)15(17)7-8-16(17)18;1-2-4-5-3-1;/h2-4,13-16,18H,5-10H2,1H3;1-5H;/q;;+2/t13-,14-,15+,16+,17+;;/m1../s1. The van der Waals surface area contributed by atoms with Crippen molar-refractivity contribution in [3.8, 4) is 0 Å². The van der Waals surface area contributed by atoms with Gasteiger partial charge in [0.25, 0.3) is 0 Å². The molecule has 128 valence electrons. The Balaban J connectivity index is 0.000000245. The molecule has 5 fully saturated rings. The number of aliphatic hydroxyl groups excluding tert-OH is 1. The van der Waals surface area contributed by atoms with Crippen LogP contribution in [-0.4, -0.2) is 11.2 Å². The topological polar surface area (TPSA) is 20.2 Å². The molecular formula is C22H28FeO+2. The van der Waals surface area contributed by atoms with Gasteiger partial charge in [0.2, 0.25) is 0 Å². The third-order valence-electron chi connectivity index (χ3n) is 7.03. The van der Waals surface area contributed by atoms with Crippen LogP contribution < -0.4 is 0 Å². The first-order valence-electron chi connectivity index (χ1n) is 9.29. The maximum absolute atomic E-state index is 10.3. The van der Waals surface area contributed by atoms with Crippen molar-refractivity contribution in [3.05, 3.63) is 63.2 Å². The van der Waals surface area contributed by atoms with Gasteiger partial charge in [0.1, 0.15) is 0 Å². The summed E-state index contributed by atoms with van der Waals surface area (Å²) in [6.45, 7) is 2.35. The molecule has 10 radical (unpaired) electrons. The van der Waals surface area contributed by atoms with E-state index < -0.39 is 0 Å². The summed E-state index contributed by atoms with van der Waals surface area (Å²) in [5, 5.41) is 10.3. The Morgan fingerprint density at radius 2 is 1.62 bits per heavy atom. The third-order valence-corrected chi connectivity index (χ3v) is 7.03. The zero-order chi connectivity index (χ0) is 15.9. The average Bonchev–Trinajstić information content (AvgIpc) is 3.29. The maximum Gasteiger partial charge on any atom is 2.00 e. The predicted molar refractivity (Wildman–Crippen MR) is 93.2 cm³/mol. The number of fused-ring (bicyclic) bond motifs is 5. The molecular weight excluding hydrogens is 336 g/mol. The first kappa shape index (κ1) is 19.2. The molecule has 5 atom stereocenters. The monoisotopic (exact) mass is 364 g/mol. The van der Waals surface area contributed by atoms with Crippen LogP contribution in [-0.2, 0) is 17.1 Å². The fourth-order valence-corrected chi connectivity index (χ4v) is 5.75. The second-order valence-corrected chi connectivity index (χ2v) is 8.02. The summed E-state index contributed by atoms with van der Waals surface area (Å²) in [4.78, 5) is 0. The van der Waals surface area contributed by atoms with E-state index in [1.165, 1.54) is 32.1 Å². The molecule has 0 unspecified atom stereocenters. The van der Waals surface area contributed by atoms with Crippen LogP contribution >= 0.6 is 0 Å². The molecule has 1 nitrogen and oxygen atoms in total. The van der Waals surface area contributed by atoms with Gasteiger partial charge in [0.15, 0.2) is 0 Å². The fourth-order valence-electron chi connectivity index (χ4n) is 5.75. The minimum absolute atomic E-state index is 0. The zero-order valence-corrected chi connectivity index (χ0v) is 15.6. The molecule has 0 heterocycles. The molecule has 0 bridgehead atoms. The van der Waals surface area contributed by atoms with E-state index in [9.17, 15) is 5.11 Å². The maximum atomic E-state index is 10.3. The summed E-state index contributed by atoms with van der Waals surface area (Å²) in [5.74, 6) is 5.67. The van der Waals surface area contributed by atoms with Crippen LogP contribution in [0, 0.1) is 86.4 Å². The van der Waals surface area contributed by atoms with Crippen LogP contribution in [0.5, 0.6) is 0 Å². The number of aliphatic hydroxyl groups is 1. The van der Waals surface area contributed by atoms with Gasteiger partial charge in [-0.1, -0.05) is 6.92 Å². The number of rotatable bonds is 0. The average molecular weight is 364 g/mol. The van der Waals surface area contributed by atoms with E-state index in [1.54, 1.807) is 11.8 Å². The van der Waals surface area contributed by atoms with Crippen LogP contribution in [0.2, 0.25) is 0 Å². The first-order chi connectivity index (χ1) is 11.2. The van der Waals surface area contributed by atoms with Gasteiger partial charge < -0.3 is 5.11 Å². The number of hydrogen-bond acceptors (Lipinski definition) is 1. The zero-order valence-electron chi connectivity index (χ0n) is 14.5. The molecule has 0 aromatic heterocycles. The van der Waals surface area contributed by atoms with Gasteiger partial charge in [-0.15, -0.1) is 0 Å². The summed E-state index contributed by atoms with van der Waals surface area (Å²) in [7, 11) is 0. The molecule has 0 aromatic rings. The van der Waals surface area contributed by atoms with Crippen molar-refractivity contribution in [1.82, 2.24) is 0 Å². The smallest absolute Gasteiger partial charge is 0.393 e. The molecule has 5 saturated carbocycles. The quantitative estimate of drug-likeness (QED) is 0.633. The summed E-state index contributed by atoms with van der Waals surface area (Å²) in [6.07, 6.45) is 24.3. The normalized spacial score (nSPS) is 44.8. The van der Waals surface area contributed by atoms with E-state index in [0.717, 1.165) is 24.2 Å². The van der Waals surface area contributed by atoms with Gasteiger partial charge in [-0.25, -0.2) is 0 Å². The van der Waals surface area contributed by atoms with E-state index in [0.29, 0.717) is 0 Å². The molecule has 0 amide bonds. The Labute approximate surface area is 160 Å². The predicted octanol–water partition coefficient (Wildman–Crippen LogP) is 4.38. The van der Waals surface area contributed by atoms with E-state index in [4.69, 9.17) is 0 Å². The SMILES string of the molecule is C[C@]12CC[C@@H]3[C]4[CH][CH][CH][C]4CC[C@H]3[C@@H]1CC[C@@H]2O.[CH]1[CH][CH][CH][CH]1.[Fe+2]. The Hall–Kier alpha value is 0.479. The van der Waals surface area contributed by atoms with Crippen molar-refractivity contribution in [2.24, 2.45) is 23.2 Å². The van der Waals surface area contributed by atoms with Crippen LogP contribution in [0.3, 0.4) is 0 Å². The minimum Gasteiger partial charge on any atom is -0.393 e. The molecule has 2 heteroatoms. The first-order valence-corrected chi connectivity index (χ1v) is 9.29. The Morgan fingerprint density at radius 1 is 0.917 bits per heavy atom. The fraction of sp³-hybridized carbons (Fsp3) is 0.545. The summed E-state index contributed by atoms with van der Waals surface area (Å²) in [6, 6.07) is 0. The van der Waals surface area contributed by atoms with Crippen LogP contribution in [0.25, 0.3) is 0 Å². The Morgan fingerprint density at radius 3 is 2.33 bits per heavy atom. The molecule has 5 aliphatic rings. The summed E-state index contributed by atoms with van der Waals surface area (Å²) in [5.41, 5.74) is 0.227. The van der Waals surface area contributed by atoms with Crippen molar-refractivity contribution in [2.45, 2.75) is 51.6 Å². The van der Waals surface area contributed by atoms with Crippen molar-refractivity contribution in [1.29, 1.82) is 0 Å². The Bertz CT molecular complexity index is 399. The van der Waals surface area contributed by atoms with Gasteiger partial charge in [0, 0.05) is 0 Å². The third kappa shape index (κ3) is 3.37. The van der Waals surface area contributed by atoms with Crippen molar-refractivity contribution >= 4 is 0 Å². The molecule has 1 N–H and O–H groups in total. The molecule has 0 aliphatic heterocycles. The van der Waals surface area contributed by atoms with Gasteiger partial charge in [0.05, 0.1) is 6.10 Å². The van der Waals surface area contributed by atoms with Crippen molar-refractivity contribution in [3.63, 3.8) is 0 Å². The van der Waals surface area contributed by atoms with Crippen molar-refractivity contribution in [2.75, 3.05) is 0 Å². The minimum atomic E-state index is -0.0375. The molecule has 5 rings (SSSR count). The van der Waals surface area contributed by atoms with Gasteiger partial charge >= 0.3 is 17.1 Å². The van der Waals surface area contributed by atoms with E-state index in [1.807, 2.05) is 32.1 Å². The van der Waals surface area contributed by atoms with Gasteiger partial charge in [-0.05, 0) is 125 Å². The second-order valence-electron chi connectivity index (χ2n) is 8.02. The van der Waals surface area contributed by atoms with E-state index in [2.05, 4.69) is 26.2 Å². The van der Waals surface area contributed by atoms with Crippen LogP contribution in [0.15, 0.2) is 0 Å². The molecule has 0 saturated heterocycles. The summed E-state index contributed by atoms with van der Waals surface area (Å²) < 4.78 is 0. The van der Waals surface area contributed by atoms with E-state index >= 15 is 0 Å². The Kier molecular flexibility index (Phi) is 6.43. The van der Waals surface area contributed by atoms with E-state index in [-0.39, 0.29) is 28.6 Å². The van der Waals surface area contributed by atoms with Crippen molar-refractivity contribution < 1.29 is 22.2 Å². The van der Waals surface area contributed by atoms with Crippen LogP contribution in [0.4, 0.5) is 0 Å². The second kappa shape index (κ2) is 8.01. The largest absolute Gasteiger partial charge is 2.00 e. The van der Waals surface area contributed by atoms with Crippen LogP contribution in [0.1, 0.15) is 45.4 Å².